The Balaban J connectivity index is 1.77. The van der Waals surface area contributed by atoms with Crippen LogP contribution in [0.4, 0.5) is 23.5 Å². The molecule has 0 spiro atoms. The zero-order valence-electron chi connectivity index (χ0n) is 18.5. The van der Waals surface area contributed by atoms with Crippen molar-refractivity contribution < 1.29 is 17.6 Å². The van der Waals surface area contributed by atoms with Crippen LogP contribution in [0.3, 0.4) is 0 Å². The van der Waals surface area contributed by atoms with E-state index in [2.05, 4.69) is 25.3 Å². The van der Waals surface area contributed by atoms with E-state index in [0.717, 1.165) is 17.7 Å². The van der Waals surface area contributed by atoms with Crippen LogP contribution in [0.1, 0.15) is 22.4 Å². The molecule has 0 fully saturated rings. The topological polar surface area (TPSA) is 66.5 Å². The number of H-pyrrole nitrogens is 1. The van der Waals surface area contributed by atoms with Gasteiger partial charge >= 0.3 is 6.18 Å². The van der Waals surface area contributed by atoms with E-state index < -0.39 is 23.1 Å². The monoisotopic (exact) mass is 511 g/mol. The maximum absolute atomic E-state index is 14.7. The second-order valence-electron chi connectivity index (χ2n) is 8.24. The van der Waals surface area contributed by atoms with Crippen LogP contribution in [0.5, 0.6) is 0 Å². The van der Waals surface area contributed by atoms with Crippen molar-refractivity contribution in [2.24, 2.45) is 0 Å². The highest BCUT2D eigenvalue weighted by molar-refractivity contribution is 6.30. The Kier molecular flexibility index (Phi) is 6.09. The van der Waals surface area contributed by atoms with Gasteiger partial charge in [0.1, 0.15) is 11.4 Å². The second kappa shape index (κ2) is 9.23. The Bertz CT molecular complexity index is 1470. The minimum Gasteiger partial charge on any atom is -0.340 e. The largest absolute Gasteiger partial charge is 0.416 e. The lowest BCUT2D eigenvalue weighted by atomic mass is 9.80. The number of alkyl halides is 3. The summed E-state index contributed by atoms with van der Waals surface area (Å²) in [6.45, 7) is 0. The summed E-state index contributed by atoms with van der Waals surface area (Å²) < 4.78 is 55.9. The number of hydrogen-bond donors (Lipinski definition) is 2. The van der Waals surface area contributed by atoms with Crippen molar-refractivity contribution in [2.45, 2.75) is 18.1 Å². The lowest BCUT2D eigenvalue weighted by molar-refractivity contribution is -0.137. The van der Waals surface area contributed by atoms with Crippen molar-refractivity contribution >= 4 is 28.7 Å². The Morgan fingerprint density at radius 2 is 1.67 bits per heavy atom. The lowest BCUT2D eigenvalue weighted by Gasteiger charge is -2.35. The van der Waals surface area contributed by atoms with Gasteiger partial charge in [-0.2, -0.15) is 18.2 Å². The third-order valence-electron chi connectivity index (χ3n) is 5.78. The minimum atomic E-state index is -4.76. The first-order valence-corrected chi connectivity index (χ1v) is 11.2. The summed E-state index contributed by atoms with van der Waals surface area (Å²) >= 11 is 6.07. The number of nitrogens with zero attached hydrogens (tertiary/aromatic N) is 3. The number of anilines is 1. The van der Waals surface area contributed by atoms with Crippen molar-refractivity contribution in [1.82, 2.24) is 19.9 Å². The van der Waals surface area contributed by atoms with Crippen molar-refractivity contribution in [1.29, 1.82) is 0 Å². The number of nitrogens with one attached hydrogen (secondary N) is 2. The van der Waals surface area contributed by atoms with Crippen molar-refractivity contribution in [3.05, 3.63) is 118 Å². The zero-order valence-corrected chi connectivity index (χ0v) is 19.3. The van der Waals surface area contributed by atoms with E-state index in [4.69, 9.17) is 11.6 Å². The lowest BCUT2D eigenvalue weighted by Crippen LogP contribution is -2.40. The smallest absolute Gasteiger partial charge is 0.340 e. The highest BCUT2D eigenvalue weighted by Gasteiger charge is 2.40. The maximum Gasteiger partial charge on any atom is 0.416 e. The number of aromatic amines is 1. The van der Waals surface area contributed by atoms with E-state index in [1.54, 1.807) is 30.5 Å². The average Bonchev–Trinajstić information content (AvgIpc) is 3.26. The molecule has 0 saturated carbocycles. The van der Waals surface area contributed by atoms with Gasteiger partial charge in [-0.15, -0.1) is 0 Å². The molecule has 0 saturated heterocycles. The molecular weight excluding hydrogens is 494 g/mol. The quantitative estimate of drug-likeness (QED) is 0.247. The minimum absolute atomic E-state index is 0.0157. The first-order chi connectivity index (χ1) is 17.2. The summed E-state index contributed by atoms with van der Waals surface area (Å²) in [5.41, 5.74) is -0.446. The van der Waals surface area contributed by atoms with Crippen LogP contribution in [0.15, 0.2) is 85.2 Å². The fraction of sp³-hybridized carbons (Fsp3) is 0.115. The van der Waals surface area contributed by atoms with Gasteiger partial charge < -0.3 is 10.3 Å². The molecule has 182 valence electrons. The van der Waals surface area contributed by atoms with Gasteiger partial charge in [0.05, 0.1) is 21.8 Å². The van der Waals surface area contributed by atoms with Crippen molar-refractivity contribution in [3.63, 3.8) is 0 Å². The van der Waals surface area contributed by atoms with Gasteiger partial charge in [-0.05, 0) is 53.6 Å². The molecule has 1 atom stereocenters. The van der Waals surface area contributed by atoms with Gasteiger partial charge in [0.2, 0.25) is 5.95 Å². The molecule has 2 aromatic carbocycles. The third-order valence-corrected chi connectivity index (χ3v) is 6.01. The molecule has 2 N–H and O–H groups in total. The summed E-state index contributed by atoms with van der Waals surface area (Å²) in [6.07, 6.45) is -1.67. The van der Waals surface area contributed by atoms with E-state index in [9.17, 15) is 17.6 Å². The van der Waals surface area contributed by atoms with Crippen LogP contribution in [0.2, 0.25) is 5.02 Å². The average molecular weight is 512 g/mol. The normalized spacial score (nSPS) is 13.5. The van der Waals surface area contributed by atoms with E-state index >= 15 is 0 Å². The zero-order chi connectivity index (χ0) is 25.3. The third kappa shape index (κ3) is 4.74. The van der Waals surface area contributed by atoms with Crippen LogP contribution in [-0.2, 0) is 18.1 Å². The Morgan fingerprint density at radius 3 is 2.36 bits per heavy atom. The first kappa shape index (κ1) is 23.7. The fourth-order valence-electron chi connectivity index (χ4n) is 4.16. The molecule has 0 bridgehead atoms. The molecule has 0 aliphatic heterocycles. The molecule has 0 amide bonds. The predicted octanol–water partition coefficient (Wildman–Crippen LogP) is 6.76. The Hall–Kier alpha value is -3.98. The SMILES string of the molecule is Fc1cc(C(F)(F)F)cc(C(Cc2ccccc2)(Nc2nc3ncccc3[nH]2)c2ccc(Cl)cn2)c1. The molecule has 5 aromatic rings. The van der Waals surface area contributed by atoms with Crippen molar-refractivity contribution in [2.75, 3.05) is 5.32 Å². The molecule has 0 aliphatic rings. The van der Waals surface area contributed by atoms with Crippen LogP contribution in [0, 0.1) is 5.82 Å². The second-order valence-corrected chi connectivity index (χ2v) is 8.68. The first-order valence-electron chi connectivity index (χ1n) is 10.9. The highest BCUT2D eigenvalue weighted by Crippen LogP contribution is 2.39. The number of fused-ring (bicyclic) bond motifs is 1. The Labute approximate surface area is 208 Å². The summed E-state index contributed by atoms with van der Waals surface area (Å²) in [5, 5.41) is 3.59. The van der Waals surface area contributed by atoms with Gasteiger partial charge in [0.15, 0.2) is 5.65 Å². The van der Waals surface area contributed by atoms with Gasteiger partial charge in [0, 0.05) is 18.8 Å². The van der Waals surface area contributed by atoms with Crippen molar-refractivity contribution in [3.8, 4) is 0 Å². The standard InChI is InChI=1S/C26H18ClF4N5/c27-19-8-9-22(33-15-19)25(14-16-5-2-1-3-6-16,17-11-18(26(29,30)31)13-20(28)12-17)36-24-34-21-7-4-10-32-23(21)35-24/h1-13,15H,14H2,(H2,32,34,35,36). The summed E-state index contributed by atoms with van der Waals surface area (Å²) in [4.78, 5) is 16.2. The predicted molar refractivity (Wildman–Crippen MR) is 129 cm³/mol. The summed E-state index contributed by atoms with van der Waals surface area (Å²) in [5.74, 6) is -0.798. The molecule has 5 rings (SSSR count). The highest BCUT2D eigenvalue weighted by atomic mass is 35.5. The van der Waals surface area contributed by atoms with E-state index in [1.807, 2.05) is 30.3 Å². The summed E-state index contributed by atoms with van der Waals surface area (Å²) in [6, 6.07) is 18.2. The molecular formula is C26H18ClF4N5. The van der Waals surface area contributed by atoms with Gasteiger partial charge in [-0.1, -0.05) is 41.9 Å². The van der Waals surface area contributed by atoms with Gasteiger partial charge in [0.25, 0.3) is 0 Å². The molecule has 5 nitrogen and oxygen atoms in total. The van der Waals surface area contributed by atoms with Gasteiger partial charge in [-0.3, -0.25) is 4.98 Å². The molecule has 10 heteroatoms. The number of halogens is 5. The number of rotatable bonds is 6. The number of pyridine rings is 2. The molecule has 36 heavy (non-hydrogen) atoms. The van der Waals surface area contributed by atoms with Crippen LogP contribution < -0.4 is 5.32 Å². The maximum atomic E-state index is 14.7. The van der Waals surface area contributed by atoms with E-state index in [1.165, 1.54) is 6.20 Å². The molecule has 3 heterocycles. The summed E-state index contributed by atoms with van der Waals surface area (Å²) in [7, 11) is 0. The molecule has 3 aromatic heterocycles. The van der Waals surface area contributed by atoms with Crippen LogP contribution in [-0.4, -0.2) is 19.9 Å². The van der Waals surface area contributed by atoms with Crippen LogP contribution >= 0.6 is 11.6 Å². The molecule has 0 radical (unpaired) electrons. The Morgan fingerprint density at radius 1 is 0.889 bits per heavy atom. The number of imidazole rings is 1. The van der Waals surface area contributed by atoms with E-state index in [-0.39, 0.29) is 17.9 Å². The fourth-order valence-corrected chi connectivity index (χ4v) is 4.27. The van der Waals surface area contributed by atoms with E-state index in [0.29, 0.717) is 27.9 Å². The number of hydrogen-bond acceptors (Lipinski definition) is 4. The molecule has 1 unspecified atom stereocenters. The van der Waals surface area contributed by atoms with Crippen LogP contribution in [0.25, 0.3) is 11.2 Å². The number of benzene rings is 2. The molecule has 0 aliphatic carbocycles. The number of aromatic nitrogens is 4. The van der Waals surface area contributed by atoms with Gasteiger partial charge in [-0.25, -0.2) is 9.37 Å².